The quantitative estimate of drug-likeness (QED) is 0.482. The van der Waals surface area contributed by atoms with Crippen LogP contribution in [-0.4, -0.2) is 31.6 Å². The summed E-state index contributed by atoms with van der Waals surface area (Å²) < 4.78 is 0. The average molecular weight is 171 g/mol. The van der Waals surface area contributed by atoms with Gasteiger partial charge in [0.2, 0.25) is 0 Å². The second-order valence-corrected chi connectivity index (χ2v) is 3.87. The lowest BCUT2D eigenvalue weighted by Gasteiger charge is -2.19. The van der Waals surface area contributed by atoms with E-state index in [2.05, 4.69) is 17.4 Å². The molecule has 0 aromatic rings. The zero-order valence-electron chi connectivity index (χ0n) is 8.05. The fourth-order valence-corrected chi connectivity index (χ4v) is 1.96. The first-order valence-corrected chi connectivity index (χ1v) is 4.95. The Balaban J connectivity index is 2.21. The molecule has 1 unspecified atom stereocenters. The van der Waals surface area contributed by atoms with Crippen LogP contribution < -0.4 is 11.3 Å². The van der Waals surface area contributed by atoms with Gasteiger partial charge in [0, 0.05) is 13.1 Å². The Labute approximate surface area is 75.3 Å². The molecule has 0 aromatic carbocycles. The summed E-state index contributed by atoms with van der Waals surface area (Å²) in [6.07, 6.45) is 5.36. The van der Waals surface area contributed by atoms with Gasteiger partial charge in [-0.05, 0) is 38.8 Å². The Kier molecular flexibility index (Phi) is 4.58. The molecule has 1 heterocycles. The van der Waals surface area contributed by atoms with Crippen molar-refractivity contribution in [1.29, 1.82) is 0 Å². The van der Waals surface area contributed by atoms with Gasteiger partial charge in [-0.2, -0.15) is 0 Å². The van der Waals surface area contributed by atoms with Crippen molar-refractivity contribution in [1.82, 2.24) is 10.3 Å². The molecule has 0 aliphatic carbocycles. The van der Waals surface area contributed by atoms with Crippen molar-refractivity contribution in [2.75, 3.05) is 26.7 Å². The fourth-order valence-electron chi connectivity index (χ4n) is 1.96. The molecule has 1 aliphatic heterocycles. The van der Waals surface area contributed by atoms with Crippen molar-refractivity contribution >= 4 is 0 Å². The van der Waals surface area contributed by atoms with E-state index in [-0.39, 0.29) is 0 Å². The van der Waals surface area contributed by atoms with Crippen LogP contribution in [0, 0.1) is 5.92 Å². The van der Waals surface area contributed by atoms with E-state index in [1.807, 2.05) is 0 Å². The minimum Gasteiger partial charge on any atom is -0.306 e. The summed E-state index contributed by atoms with van der Waals surface area (Å²) in [5.74, 6) is 6.11. The maximum atomic E-state index is 5.26. The van der Waals surface area contributed by atoms with Crippen molar-refractivity contribution in [3.63, 3.8) is 0 Å². The third-order valence-electron chi connectivity index (χ3n) is 2.67. The summed E-state index contributed by atoms with van der Waals surface area (Å²) in [7, 11) is 2.22. The first kappa shape index (κ1) is 9.96. The third kappa shape index (κ3) is 3.52. The van der Waals surface area contributed by atoms with Crippen molar-refractivity contribution in [3.05, 3.63) is 0 Å². The predicted octanol–water partition coefficient (Wildman–Crippen LogP) is 0.572. The number of nitrogens with zero attached hydrogens (tertiary/aromatic N) is 1. The van der Waals surface area contributed by atoms with Crippen LogP contribution in [0.4, 0.5) is 0 Å². The molecule has 3 nitrogen and oxygen atoms in total. The zero-order valence-corrected chi connectivity index (χ0v) is 8.05. The van der Waals surface area contributed by atoms with Gasteiger partial charge in [0.15, 0.2) is 0 Å². The average Bonchev–Trinajstić information content (AvgIpc) is 2.26. The summed E-state index contributed by atoms with van der Waals surface area (Å²) in [6.45, 7) is 3.48. The van der Waals surface area contributed by atoms with Gasteiger partial charge in [-0.3, -0.25) is 11.3 Å². The van der Waals surface area contributed by atoms with Crippen LogP contribution in [0.15, 0.2) is 0 Å². The van der Waals surface area contributed by atoms with Gasteiger partial charge in [0.1, 0.15) is 0 Å². The molecule has 0 saturated carbocycles. The molecule has 72 valence electrons. The summed E-state index contributed by atoms with van der Waals surface area (Å²) in [6, 6.07) is 0. The van der Waals surface area contributed by atoms with Crippen LogP contribution in [0.25, 0.3) is 0 Å². The van der Waals surface area contributed by atoms with Crippen LogP contribution in [-0.2, 0) is 0 Å². The number of nitrogens with one attached hydrogen (secondary N) is 1. The molecule has 1 rings (SSSR count). The minimum atomic E-state index is 0.855. The molecule has 0 amide bonds. The van der Waals surface area contributed by atoms with Crippen molar-refractivity contribution in [2.45, 2.75) is 25.7 Å². The van der Waals surface area contributed by atoms with E-state index >= 15 is 0 Å². The number of likely N-dealkylation sites (tertiary alicyclic amines) is 1. The number of rotatable bonds is 3. The SMILES string of the molecule is CN1CCCCC(CCNN)C1. The second kappa shape index (κ2) is 5.51. The highest BCUT2D eigenvalue weighted by Crippen LogP contribution is 2.17. The van der Waals surface area contributed by atoms with E-state index in [1.54, 1.807) is 0 Å². The zero-order chi connectivity index (χ0) is 8.81. The predicted molar refractivity (Wildman–Crippen MR) is 51.6 cm³/mol. The lowest BCUT2D eigenvalue weighted by molar-refractivity contribution is 0.288. The van der Waals surface area contributed by atoms with E-state index in [0.29, 0.717) is 0 Å². The van der Waals surface area contributed by atoms with Gasteiger partial charge in [-0.25, -0.2) is 0 Å². The molecule has 3 heteroatoms. The lowest BCUT2D eigenvalue weighted by Crippen LogP contribution is -2.29. The molecular formula is C9H21N3. The monoisotopic (exact) mass is 171 g/mol. The summed E-state index contributed by atoms with van der Waals surface area (Å²) in [4.78, 5) is 2.44. The Morgan fingerprint density at radius 1 is 1.50 bits per heavy atom. The Bertz CT molecular complexity index is 116. The van der Waals surface area contributed by atoms with Crippen LogP contribution in [0.5, 0.6) is 0 Å². The second-order valence-electron chi connectivity index (χ2n) is 3.87. The maximum Gasteiger partial charge on any atom is 0.0100 e. The Morgan fingerprint density at radius 2 is 2.33 bits per heavy atom. The van der Waals surface area contributed by atoms with Gasteiger partial charge >= 0.3 is 0 Å². The number of hydrogen-bond acceptors (Lipinski definition) is 3. The largest absolute Gasteiger partial charge is 0.306 e. The Morgan fingerprint density at radius 3 is 3.08 bits per heavy atom. The molecule has 0 spiro atoms. The normalized spacial score (nSPS) is 27.0. The van der Waals surface area contributed by atoms with E-state index in [9.17, 15) is 0 Å². The van der Waals surface area contributed by atoms with Gasteiger partial charge < -0.3 is 4.90 Å². The summed E-state index contributed by atoms with van der Waals surface area (Å²) in [5.41, 5.74) is 2.73. The maximum absolute atomic E-state index is 5.26. The van der Waals surface area contributed by atoms with Crippen molar-refractivity contribution in [2.24, 2.45) is 11.8 Å². The van der Waals surface area contributed by atoms with Gasteiger partial charge in [0.05, 0.1) is 0 Å². The van der Waals surface area contributed by atoms with Gasteiger partial charge in [-0.1, -0.05) is 6.42 Å². The molecule has 0 bridgehead atoms. The minimum absolute atomic E-state index is 0.855. The molecule has 1 atom stereocenters. The van der Waals surface area contributed by atoms with Crippen LogP contribution >= 0.6 is 0 Å². The molecule has 3 N–H and O–H groups in total. The van der Waals surface area contributed by atoms with E-state index in [4.69, 9.17) is 5.84 Å². The number of hydrazine groups is 1. The van der Waals surface area contributed by atoms with Crippen LogP contribution in [0.1, 0.15) is 25.7 Å². The third-order valence-corrected chi connectivity index (χ3v) is 2.67. The van der Waals surface area contributed by atoms with Gasteiger partial charge in [-0.15, -0.1) is 0 Å². The highest BCUT2D eigenvalue weighted by atomic mass is 15.2. The molecule has 1 fully saturated rings. The van der Waals surface area contributed by atoms with E-state index in [0.717, 1.165) is 12.5 Å². The summed E-state index contributed by atoms with van der Waals surface area (Å²) >= 11 is 0. The topological polar surface area (TPSA) is 41.3 Å². The highest BCUT2D eigenvalue weighted by Gasteiger charge is 2.14. The first-order valence-electron chi connectivity index (χ1n) is 4.95. The Hall–Kier alpha value is -0.120. The fraction of sp³-hybridized carbons (Fsp3) is 1.00. The van der Waals surface area contributed by atoms with E-state index in [1.165, 1.54) is 38.8 Å². The van der Waals surface area contributed by atoms with Crippen molar-refractivity contribution < 1.29 is 0 Å². The summed E-state index contributed by atoms with van der Waals surface area (Å²) in [5, 5.41) is 0. The van der Waals surface area contributed by atoms with Gasteiger partial charge in [0.25, 0.3) is 0 Å². The van der Waals surface area contributed by atoms with Crippen LogP contribution in [0.3, 0.4) is 0 Å². The van der Waals surface area contributed by atoms with Crippen molar-refractivity contribution in [3.8, 4) is 0 Å². The molecule has 0 aromatic heterocycles. The van der Waals surface area contributed by atoms with Crippen LogP contribution in [0.2, 0.25) is 0 Å². The molecule has 12 heavy (non-hydrogen) atoms. The first-order chi connectivity index (χ1) is 5.83. The molecule has 1 aliphatic rings. The smallest absolute Gasteiger partial charge is 0.0100 e. The number of nitrogens with two attached hydrogens (primary N) is 1. The molecule has 0 radical (unpaired) electrons. The molecule has 1 saturated heterocycles. The highest BCUT2D eigenvalue weighted by molar-refractivity contribution is 4.69. The standard InChI is InChI=1S/C9H21N3/c1-12-7-3-2-4-9(8-12)5-6-11-10/h9,11H,2-8,10H2,1H3. The number of hydrogen-bond donors (Lipinski definition) is 2. The van der Waals surface area contributed by atoms with E-state index < -0.39 is 0 Å². The molecular weight excluding hydrogens is 150 g/mol. The lowest BCUT2D eigenvalue weighted by atomic mass is 10.00.